The highest BCUT2D eigenvalue weighted by Crippen LogP contribution is 2.25. The number of aromatic nitrogens is 1. The average Bonchev–Trinajstić information content (AvgIpc) is 3.32. The molecule has 1 N–H and O–H groups in total. The molecule has 158 valence electrons. The molecule has 1 aliphatic carbocycles. The number of hydrogen-bond donors (Lipinski definition) is 1. The number of benzene rings is 1. The molecule has 2 heterocycles. The van der Waals surface area contributed by atoms with Crippen LogP contribution in [0.3, 0.4) is 0 Å². The molecule has 30 heavy (non-hydrogen) atoms. The minimum Gasteiger partial charge on any atom is -0.452 e. The van der Waals surface area contributed by atoms with E-state index in [1.807, 2.05) is 6.92 Å². The number of carbonyl (C=O) groups excluding carboxylic acids is 2. The molecule has 2 aromatic rings. The SMILES string of the molecule is CC(NC(=O)COC(=O)c1cccnc1N1CCCC1)c1ccc2c(c1)CCCC2. The number of amides is 1. The summed E-state index contributed by atoms with van der Waals surface area (Å²) in [5.41, 5.74) is 4.30. The molecule has 1 aromatic carbocycles. The lowest BCUT2D eigenvalue weighted by Gasteiger charge is -2.20. The Morgan fingerprint density at radius 2 is 1.87 bits per heavy atom. The summed E-state index contributed by atoms with van der Waals surface area (Å²) in [6.07, 6.45) is 8.58. The minimum atomic E-state index is -0.512. The monoisotopic (exact) mass is 407 g/mol. The van der Waals surface area contributed by atoms with Crippen LogP contribution in [0.2, 0.25) is 0 Å². The van der Waals surface area contributed by atoms with Crippen molar-refractivity contribution in [1.82, 2.24) is 10.3 Å². The lowest BCUT2D eigenvalue weighted by molar-refractivity contribution is -0.124. The number of pyridine rings is 1. The molecule has 1 atom stereocenters. The van der Waals surface area contributed by atoms with E-state index >= 15 is 0 Å². The normalized spacial score (nSPS) is 16.6. The molecule has 1 unspecified atom stereocenters. The van der Waals surface area contributed by atoms with E-state index in [4.69, 9.17) is 4.74 Å². The quantitative estimate of drug-likeness (QED) is 0.741. The Labute approximate surface area is 177 Å². The molecule has 0 spiro atoms. The number of carbonyl (C=O) groups is 2. The molecule has 2 aliphatic rings. The first-order valence-corrected chi connectivity index (χ1v) is 10.9. The Balaban J connectivity index is 1.33. The summed E-state index contributed by atoms with van der Waals surface area (Å²) in [5, 5.41) is 2.94. The van der Waals surface area contributed by atoms with Crippen LogP contribution in [0.25, 0.3) is 0 Å². The van der Waals surface area contributed by atoms with Gasteiger partial charge in [-0.2, -0.15) is 0 Å². The zero-order chi connectivity index (χ0) is 20.9. The number of nitrogens with zero attached hydrogens (tertiary/aromatic N) is 2. The number of ether oxygens (including phenoxy) is 1. The van der Waals surface area contributed by atoms with Gasteiger partial charge in [0.05, 0.1) is 6.04 Å². The molecule has 1 amide bonds. The molecule has 1 fully saturated rings. The van der Waals surface area contributed by atoms with Crippen LogP contribution in [0.5, 0.6) is 0 Å². The molecule has 1 aromatic heterocycles. The molecule has 6 nitrogen and oxygen atoms in total. The van der Waals surface area contributed by atoms with Crippen molar-refractivity contribution in [2.45, 2.75) is 51.5 Å². The molecular weight excluding hydrogens is 378 g/mol. The molecule has 0 saturated carbocycles. The van der Waals surface area contributed by atoms with Gasteiger partial charge in [-0.1, -0.05) is 18.2 Å². The summed E-state index contributed by atoms with van der Waals surface area (Å²) in [6.45, 7) is 3.42. The van der Waals surface area contributed by atoms with E-state index in [2.05, 4.69) is 33.4 Å². The van der Waals surface area contributed by atoms with Crippen LogP contribution in [0.15, 0.2) is 36.5 Å². The summed E-state index contributed by atoms with van der Waals surface area (Å²) in [7, 11) is 0. The van der Waals surface area contributed by atoms with Crippen molar-refractivity contribution in [3.05, 3.63) is 58.8 Å². The molecule has 4 rings (SSSR count). The van der Waals surface area contributed by atoms with Gasteiger partial charge in [0, 0.05) is 19.3 Å². The van der Waals surface area contributed by atoms with Crippen LogP contribution in [-0.2, 0) is 22.4 Å². The van der Waals surface area contributed by atoms with E-state index in [0.29, 0.717) is 11.4 Å². The Kier molecular flexibility index (Phi) is 6.31. The Morgan fingerprint density at radius 1 is 1.10 bits per heavy atom. The number of esters is 1. The Hall–Kier alpha value is -2.89. The highest BCUT2D eigenvalue weighted by Gasteiger charge is 2.22. The van der Waals surface area contributed by atoms with Gasteiger partial charge in [-0.05, 0) is 74.3 Å². The van der Waals surface area contributed by atoms with Gasteiger partial charge in [0.1, 0.15) is 11.4 Å². The van der Waals surface area contributed by atoms with Gasteiger partial charge in [-0.3, -0.25) is 4.79 Å². The number of rotatable bonds is 6. The maximum absolute atomic E-state index is 12.6. The van der Waals surface area contributed by atoms with Crippen molar-refractivity contribution in [2.24, 2.45) is 0 Å². The summed E-state index contributed by atoms with van der Waals surface area (Å²) in [4.78, 5) is 31.4. The Morgan fingerprint density at radius 3 is 2.67 bits per heavy atom. The third kappa shape index (κ3) is 4.64. The van der Waals surface area contributed by atoms with Crippen LogP contribution in [0, 0.1) is 0 Å². The summed E-state index contributed by atoms with van der Waals surface area (Å²) in [6, 6.07) is 9.74. The number of hydrogen-bond acceptors (Lipinski definition) is 5. The fourth-order valence-corrected chi connectivity index (χ4v) is 4.34. The smallest absolute Gasteiger partial charge is 0.342 e. The topological polar surface area (TPSA) is 71.5 Å². The van der Waals surface area contributed by atoms with Gasteiger partial charge in [0.15, 0.2) is 6.61 Å². The van der Waals surface area contributed by atoms with Crippen LogP contribution in [-0.4, -0.2) is 36.6 Å². The maximum atomic E-state index is 12.6. The fraction of sp³-hybridized carbons (Fsp3) is 0.458. The third-order valence-corrected chi connectivity index (χ3v) is 6.00. The zero-order valence-corrected chi connectivity index (χ0v) is 17.5. The van der Waals surface area contributed by atoms with Crippen molar-refractivity contribution < 1.29 is 14.3 Å². The maximum Gasteiger partial charge on any atom is 0.342 e. The van der Waals surface area contributed by atoms with Crippen LogP contribution in [0.4, 0.5) is 5.82 Å². The predicted molar refractivity (Wildman–Crippen MR) is 116 cm³/mol. The van der Waals surface area contributed by atoms with Gasteiger partial charge >= 0.3 is 5.97 Å². The van der Waals surface area contributed by atoms with Gasteiger partial charge < -0.3 is 15.0 Å². The van der Waals surface area contributed by atoms with Crippen LogP contribution >= 0.6 is 0 Å². The van der Waals surface area contributed by atoms with E-state index in [1.165, 1.54) is 24.0 Å². The highest BCUT2D eigenvalue weighted by molar-refractivity contribution is 5.96. The molecular formula is C24H29N3O3. The predicted octanol–water partition coefficient (Wildman–Crippen LogP) is 3.59. The van der Waals surface area contributed by atoms with Crippen molar-refractivity contribution in [1.29, 1.82) is 0 Å². The summed E-state index contributed by atoms with van der Waals surface area (Å²) < 4.78 is 5.30. The average molecular weight is 408 g/mol. The molecule has 0 radical (unpaired) electrons. The van der Waals surface area contributed by atoms with Crippen LogP contribution in [0.1, 0.15) is 65.7 Å². The van der Waals surface area contributed by atoms with E-state index < -0.39 is 5.97 Å². The molecule has 6 heteroatoms. The van der Waals surface area contributed by atoms with Crippen molar-refractivity contribution >= 4 is 17.7 Å². The second kappa shape index (κ2) is 9.28. The zero-order valence-electron chi connectivity index (χ0n) is 17.5. The van der Waals surface area contributed by atoms with Gasteiger partial charge in [0.25, 0.3) is 5.91 Å². The number of nitrogens with one attached hydrogen (secondary N) is 1. The van der Waals surface area contributed by atoms with E-state index in [1.54, 1.807) is 18.3 Å². The highest BCUT2D eigenvalue weighted by atomic mass is 16.5. The van der Waals surface area contributed by atoms with E-state index in [9.17, 15) is 9.59 Å². The van der Waals surface area contributed by atoms with Gasteiger partial charge in [0.2, 0.25) is 0 Å². The van der Waals surface area contributed by atoms with Crippen molar-refractivity contribution in [3.8, 4) is 0 Å². The standard InChI is InChI=1S/C24H29N3O3/c1-17(19-11-10-18-7-2-3-8-20(18)15-19)26-22(28)16-30-24(29)21-9-6-12-25-23(21)27-13-4-5-14-27/h6,9-12,15,17H,2-5,7-8,13-14,16H2,1H3,(H,26,28). The molecule has 1 saturated heterocycles. The second-order valence-corrected chi connectivity index (χ2v) is 8.17. The molecule has 0 bridgehead atoms. The van der Waals surface area contributed by atoms with Crippen LogP contribution < -0.4 is 10.2 Å². The lowest BCUT2D eigenvalue weighted by atomic mass is 9.89. The van der Waals surface area contributed by atoms with Crippen molar-refractivity contribution in [3.63, 3.8) is 0 Å². The largest absolute Gasteiger partial charge is 0.452 e. The molecule has 1 aliphatic heterocycles. The number of fused-ring (bicyclic) bond motifs is 1. The minimum absolute atomic E-state index is 0.137. The summed E-state index contributed by atoms with van der Waals surface area (Å²) in [5.74, 6) is -0.176. The van der Waals surface area contributed by atoms with E-state index in [0.717, 1.165) is 44.3 Å². The fourth-order valence-electron chi connectivity index (χ4n) is 4.34. The summed E-state index contributed by atoms with van der Waals surface area (Å²) >= 11 is 0. The number of anilines is 1. The first-order chi connectivity index (χ1) is 14.6. The number of aryl methyl sites for hydroxylation is 2. The van der Waals surface area contributed by atoms with E-state index in [-0.39, 0.29) is 18.6 Å². The first-order valence-electron chi connectivity index (χ1n) is 10.9. The van der Waals surface area contributed by atoms with Crippen molar-refractivity contribution in [2.75, 3.05) is 24.6 Å². The van der Waals surface area contributed by atoms with Gasteiger partial charge in [-0.15, -0.1) is 0 Å². The Bertz CT molecular complexity index is 922. The van der Waals surface area contributed by atoms with Gasteiger partial charge in [-0.25, -0.2) is 9.78 Å². The second-order valence-electron chi connectivity index (χ2n) is 8.17. The lowest BCUT2D eigenvalue weighted by Crippen LogP contribution is -2.31. The first kappa shape index (κ1) is 20.4. The third-order valence-electron chi connectivity index (χ3n) is 6.00.